The Morgan fingerprint density at radius 1 is 1.43 bits per heavy atom. The minimum Gasteiger partial charge on any atom is -0.308 e. The van der Waals surface area contributed by atoms with Crippen molar-refractivity contribution >= 4 is 22.9 Å². The van der Waals surface area contributed by atoms with E-state index in [1.54, 1.807) is 17.5 Å². The lowest BCUT2D eigenvalue weighted by Crippen LogP contribution is -2.25. The average Bonchev–Trinajstić information content (AvgIpc) is 2.93. The molecule has 0 aromatic carbocycles. The number of aryl methyl sites for hydroxylation is 2. The van der Waals surface area contributed by atoms with Gasteiger partial charge in [0.15, 0.2) is 0 Å². The van der Waals surface area contributed by atoms with Gasteiger partial charge in [-0.2, -0.15) is 5.10 Å². The van der Waals surface area contributed by atoms with Crippen LogP contribution in [0, 0.1) is 13.8 Å². The van der Waals surface area contributed by atoms with Crippen molar-refractivity contribution in [2.24, 2.45) is 0 Å². The number of nitrogens with one attached hydrogen (secondary N) is 1. The van der Waals surface area contributed by atoms with E-state index in [1.807, 2.05) is 25.6 Å². The molecule has 2 heterocycles. The minimum absolute atomic E-state index is 0.0216. The van der Waals surface area contributed by atoms with Crippen molar-refractivity contribution in [2.45, 2.75) is 26.4 Å². The predicted octanol–water partition coefficient (Wildman–Crippen LogP) is 2.48. The summed E-state index contributed by atoms with van der Waals surface area (Å²) in [4.78, 5) is 7.85. The van der Waals surface area contributed by atoms with E-state index >= 15 is 0 Å². The van der Waals surface area contributed by atoms with Crippen LogP contribution in [0.15, 0.2) is 6.20 Å². The van der Waals surface area contributed by atoms with Crippen molar-refractivity contribution in [1.82, 2.24) is 25.0 Å². The first kappa shape index (κ1) is 16.4. The highest BCUT2D eigenvalue weighted by atomic mass is 35.5. The van der Waals surface area contributed by atoms with Crippen LogP contribution < -0.4 is 5.32 Å². The summed E-state index contributed by atoms with van der Waals surface area (Å²) in [5.74, 6) is 0. The summed E-state index contributed by atoms with van der Waals surface area (Å²) in [6.45, 7) is 5.79. The molecule has 5 nitrogen and oxygen atoms in total. The van der Waals surface area contributed by atoms with Gasteiger partial charge in [0.2, 0.25) is 0 Å². The molecule has 0 saturated heterocycles. The van der Waals surface area contributed by atoms with Gasteiger partial charge in [-0.3, -0.25) is 4.68 Å². The Balaban J connectivity index is 2.38. The second-order valence-electron chi connectivity index (χ2n) is 5.31. The molecule has 0 saturated carbocycles. The Morgan fingerprint density at radius 3 is 2.67 bits per heavy atom. The van der Waals surface area contributed by atoms with Gasteiger partial charge in [-0.05, 0) is 35.0 Å². The Bertz CT molecular complexity index is 605. The molecule has 0 fully saturated rings. The Kier molecular flexibility index (Phi) is 5.37. The van der Waals surface area contributed by atoms with Crippen LogP contribution in [0.1, 0.15) is 27.3 Å². The number of rotatable bonds is 6. The van der Waals surface area contributed by atoms with Crippen LogP contribution >= 0.6 is 22.9 Å². The topological polar surface area (TPSA) is 46.0 Å². The van der Waals surface area contributed by atoms with Gasteiger partial charge in [-0.1, -0.05) is 11.6 Å². The lowest BCUT2D eigenvalue weighted by atomic mass is 10.1. The lowest BCUT2D eigenvalue weighted by molar-refractivity contribution is 0.366. The monoisotopic (exact) mass is 327 g/mol. The van der Waals surface area contributed by atoms with E-state index in [0.717, 1.165) is 29.5 Å². The maximum absolute atomic E-state index is 6.39. The molecule has 0 amide bonds. The fourth-order valence-corrected chi connectivity index (χ4v) is 3.63. The molecule has 0 aliphatic carbocycles. The summed E-state index contributed by atoms with van der Waals surface area (Å²) < 4.78 is 1.98. The summed E-state index contributed by atoms with van der Waals surface area (Å²) in [5, 5.41) is 9.54. The van der Waals surface area contributed by atoms with Gasteiger partial charge in [0.25, 0.3) is 0 Å². The lowest BCUT2D eigenvalue weighted by Gasteiger charge is -2.19. The highest BCUT2D eigenvalue weighted by Crippen LogP contribution is 2.33. The van der Waals surface area contributed by atoms with E-state index in [9.17, 15) is 0 Å². The van der Waals surface area contributed by atoms with Gasteiger partial charge in [-0.25, -0.2) is 4.98 Å². The number of thiazole rings is 1. The summed E-state index contributed by atoms with van der Waals surface area (Å²) in [7, 11) is 6.05. The first-order chi connectivity index (χ1) is 9.93. The van der Waals surface area contributed by atoms with Crippen molar-refractivity contribution in [3.8, 4) is 0 Å². The summed E-state index contributed by atoms with van der Waals surface area (Å²) in [6.07, 6.45) is 1.72. The normalized spacial score (nSPS) is 13.1. The van der Waals surface area contributed by atoms with Gasteiger partial charge in [0, 0.05) is 6.54 Å². The molecule has 0 radical (unpaired) electrons. The zero-order valence-electron chi connectivity index (χ0n) is 13.1. The highest BCUT2D eigenvalue weighted by Gasteiger charge is 2.24. The fourth-order valence-electron chi connectivity index (χ4n) is 2.34. The molecular formula is C14H22ClN5S. The van der Waals surface area contributed by atoms with Crippen LogP contribution in [0.2, 0.25) is 5.02 Å². The number of halogens is 1. The maximum atomic E-state index is 6.39. The minimum atomic E-state index is 0.0216. The van der Waals surface area contributed by atoms with Gasteiger partial charge >= 0.3 is 0 Å². The fraction of sp³-hybridized carbons (Fsp3) is 0.571. The Morgan fingerprint density at radius 2 is 2.14 bits per heavy atom. The molecule has 7 heteroatoms. The van der Waals surface area contributed by atoms with Crippen molar-refractivity contribution < 1.29 is 0 Å². The van der Waals surface area contributed by atoms with Crippen LogP contribution in [0.25, 0.3) is 0 Å². The van der Waals surface area contributed by atoms with E-state index in [1.165, 1.54) is 4.88 Å². The van der Waals surface area contributed by atoms with E-state index in [4.69, 9.17) is 11.6 Å². The van der Waals surface area contributed by atoms with Crippen LogP contribution in [-0.2, 0) is 6.54 Å². The van der Waals surface area contributed by atoms with Crippen molar-refractivity contribution in [2.75, 3.05) is 27.7 Å². The Hall–Kier alpha value is -0.950. The van der Waals surface area contributed by atoms with Gasteiger partial charge < -0.3 is 10.2 Å². The standard InChI is InChI=1S/C14H22ClN5S/c1-9-14(21-10(2)18-9)12(16-3)13-11(15)8-17-20(13)7-6-19(4)5/h8,12,16H,6-7H2,1-5H3. The second kappa shape index (κ2) is 6.87. The molecule has 1 N–H and O–H groups in total. The largest absolute Gasteiger partial charge is 0.308 e. The second-order valence-corrected chi connectivity index (χ2v) is 6.95. The number of nitrogens with zero attached hydrogens (tertiary/aromatic N) is 4. The third kappa shape index (κ3) is 3.63. The number of hydrogen-bond donors (Lipinski definition) is 1. The molecule has 2 aromatic heterocycles. The maximum Gasteiger partial charge on any atom is 0.0900 e. The zero-order chi connectivity index (χ0) is 15.6. The van der Waals surface area contributed by atoms with Crippen LogP contribution in [-0.4, -0.2) is 47.4 Å². The molecule has 0 bridgehead atoms. The van der Waals surface area contributed by atoms with Crippen LogP contribution in [0.3, 0.4) is 0 Å². The van der Waals surface area contributed by atoms with Crippen LogP contribution in [0.4, 0.5) is 0 Å². The average molecular weight is 328 g/mol. The summed E-state index contributed by atoms with van der Waals surface area (Å²) >= 11 is 8.09. The molecular weight excluding hydrogens is 306 g/mol. The molecule has 2 aromatic rings. The number of hydrogen-bond acceptors (Lipinski definition) is 5. The molecule has 116 valence electrons. The van der Waals surface area contributed by atoms with Crippen molar-refractivity contribution in [1.29, 1.82) is 0 Å². The van der Waals surface area contributed by atoms with E-state index in [2.05, 4.69) is 34.4 Å². The smallest absolute Gasteiger partial charge is 0.0900 e. The summed E-state index contributed by atoms with van der Waals surface area (Å²) in [5.41, 5.74) is 2.06. The predicted molar refractivity (Wildman–Crippen MR) is 88.3 cm³/mol. The van der Waals surface area contributed by atoms with Crippen LogP contribution in [0.5, 0.6) is 0 Å². The first-order valence-electron chi connectivity index (χ1n) is 6.91. The van der Waals surface area contributed by atoms with E-state index < -0.39 is 0 Å². The van der Waals surface area contributed by atoms with E-state index in [-0.39, 0.29) is 6.04 Å². The third-order valence-electron chi connectivity index (χ3n) is 3.36. The third-order valence-corrected chi connectivity index (χ3v) is 4.78. The molecule has 0 aliphatic rings. The molecule has 0 aliphatic heterocycles. The van der Waals surface area contributed by atoms with E-state index in [0.29, 0.717) is 5.02 Å². The zero-order valence-corrected chi connectivity index (χ0v) is 14.7. The number of aromatic nitrogens is 3. The van der Waals surface area contributed by atoms with Crippen molar-refractivity contribution in [3.63, 3.8) is 0 Å². The van der Waals surface area contributed by atoms with Gasteiger partial charge in [0.05, 0.1) is 45.1 Å². The molecule has 21 heavy (non-hydrogen) atoms. The Labute approximate surface area is 134 Å². The quantitative estimate of drug-likeness (QED) is 0.885. The van der Waals surface area contributed by atoms with Crippen molar-refractivity contribution in [3.05, 3.63) is 32.5 Å². The molecule has 2 rings (SSSR count). The first-order valence-corrected chi connectivity index (χ1v) is 8.10. The molecule has 0 spiro atoms. The van der Waals surface area contributed by atoms with Gasteiger partial charge in [0.1, 0.15) is 0 Å². The summed E-state index contributed by atoms with van der Waals surface area (Å²) in [6, 6.07) is 0.0216. The SMILES string of the molecule is CNC(c1sc(C)nc1C)c1c(Cl)cnn1CCN(C)C. The molecule has 1 unspecified atom stereocenters. The number of likely N-dealkylation sites (N-methyl/N-ethyl adjacent to an activating group) is 1. The highest BCUT2D eigenvalue weighted by molar-refractivity contribution is 7.11. The molecule has 1 atom stereocenters. The van der Waals surface area contributed by atoms with Gasteiger partial charge in [-0.15, -0.1) is 11.3 Å².